The summed E-state index contributed by atoms with van der Waals surface area (Å²) in [6.07, 6.45) is -4.88. The summed E-state index contributed by atoms with van der Waals surface area (Å²) in [5.41, 5.74) is 1.10. The first-order chi connectivity index (χ1) is 14.6. The van der Waals surface area contributed by atoms with Crippen LogP contribution in [0.25, 0.3) is 0 Å². The van der Waals surface area contributed by atoms with Gasteiger partial charge in [0.2, 0.25) is 5.91 Å². The first-order valence-corrected chi connectivity index (χ1v) is 10.4. The lowest BCUT2D eigenvalue weighted by Gasteiger charge is -2.11. The summed E-state index contributed by atoms with van der Waals surface area (Å²) < 4.78 is 67.6. The number of alkyl halides is 3. The van der Waals surface area contributed by atoms with Gasteiger partial charge >= 0.3 is 6.36 Å². The molecule has 0 atom stereocenters. The third-order valence-corrected chi connectivity index (χ3v) is 5.37. The molecule has 0 aliphatic carbocycles. The number of amides is 1. The highest BCUT2D eigenvalue weighted by molar-refractivity contribution is 7.92. The van der Waals surface area contributed by atoms with Crippen molar-refractivity contribution in [2.24, 2.45) is 0 Å². The molecule has 0 spiro atoms. The molecule has 0 unspecified atom stereocenters. The number of anilines is 2. The summed E-state index contributed by atoms with van der Waals surface area (Å²) in [6.45, 7) is 0. The van der Waals surface area contributed by atoms with Gasteiger partial charge in [-0.1, -0.05) is 36.4 Å². The van der Waals surface area contributed by atoms with Crippen molar-refractivity contribution >= 4 is 27.3 Å². The number of hydrogen-bond acceptors (Lipinski definition) is 4. The average Bonchev–Trinajstić information content (AvgIpc) is 2.69. The smallest absolute Gasteiger partial charge is 0.406 e. The highest BCUT2D eigenvalue weighted by Gasteiger charge is 2.30. The van der Waals surface area contributed by atoms with Gasteiger partial charge < -0.3 is 10.1 Å². The van der Waals surface area contributed by atoms with Gasteiger partial charge in [-0.25, -0.2) is 8.42 Å². The second kappa shape index (κ2) is 9.09. The normalized spacial score (nSPS) is 11.6. The zero-order chi connectivity index (χ0) is 22.5. The third-order valence-electron chi connectivity index (χ3n) is 3.97. The van der Waals surface area contributed by atoms with E-state index >= 15 is 0 Å². The first-order valence-electron chi connectivity index (χ1n) is 8.93. The van der Waals surface area contributed by atoms with Crippen molar-refractivity contribution in [3.63, 3.8) is 0 Å². The zero-order valence-corrected chi connectivity index (χ0v) is 16.7. The van der Waals surface area contributed by atoms with E-state index in [0.717, 1.165) is 12.1 Å². The standard InChI is InChI=1S/C21H17F3N2O4S/c22-21(23,24)30-18-11-9-15(10-12-18)13-20(27)25-16-5-4-6-17(14-16)26-31(28,29)19-7-2-1-3-8-19/h1-12,14,26H,13H2,(H,25,27). The van der Waals surface area contributed by atoms with Gasteiger partial charge in [-0.3, -0.25) is 9.52 Å². The summed E-state index contributed by atoms with van der Waals surface area (Å²) in [4.78, 5) is 12.4. The minimum absolute atomic E-state index is 0.0910. The van der Waals surface area contributed by atoms with Crippen LogP contribution in [0, 0.1) is 0 Å². The van der Waals surface area contributed by atoms with Crippen molar-refractivity contribution in [3.05, 3.63) is 84.4 Å². The lowest BCUT2D eigenvalue weighted by Crippen LogP contribution is -2.17. The molecule has 0 saturated heterocycles. The van der Waals surface area contributed by atoms with Gasteiger partial charge in [0, 0.05) is 5.69 Å². The third kappa shape index (κ3) is 6.75. The Morgan fingerprint density at radius 3 is 2.16 bits per heavy atom. The predicted octanol–water partition coefficient (Wildman–Crippen LogP) is 4.57. The molecule has 0 aliphatic rings. The fourth-order valence-corrected chi connectivity index (χ4v) is 3.74. The van der Waals surface area contributed by atoms with Crippen molar-refractivity contribution in [3.8, 4) is 5.75 Å². The second-order valence-electron chi connectivity index (χ2n) is 6.42. The fourth-order valence-electron chi connectivity index (χ4n) is 2.67. The van der Waals surface area contributed by atoms with E-state index in [1.165, 1.54) is 36.4 Å². The van der Waals surface area contributed by atoms with Crippen molar-refractivity contribution in [2.45, 2.75) is 17.7 Å². The monoisotopic (exact) mass is 450 g/mol. The van der Waals surface area contributed by atoms with Gasteiger partial charge in [-0.05, 0) is 48.0 Å². The number of nitrogens with one attached hydrogen (secondary N) is 2. The Kier molecular flexibility index (Phi) is 6.50. The number of halogens is 3. The van der Waals surface area contributed by atoms with Crippen molar-refractivity contribution < 1.29 is 31.1 Å². The Morgan fingerprint density at radius 1 is 0.871 bits per heavy atom. The minimum Gasteiger partial charge on any atom is -0.406 e. The van der Waals surface area contributed by atoms with Gasteiger partial charge in [0.25, 0.3) is 10.0 Å². The minimum atomic E-state index is -4.79. The quantitative estimate of drug-likeness (QED) is 0.553. The molecule has 0 aromatic heterocycles. The van der Waals surface area contributed by atoms with Gasteiger partial charge in [0.15, 0.2) is 0 Å². The van der Waals surface area contributed by atoms with Crippen LogP contribution < -0.4 is 14.8 Å². The molecule has 3 aromatic carbocycles. The van der Waals surface area contributed by atoms with Gasteiger partial charge in [-0.2, -0.15) is 0 Å². The van der Waals surface area contributed by atoms with Gasteiger partial charge in [-0.15, -0.1) is 13.2 Å². The molecule has 31 heavy (non-hydrogen) atoms. The summed E-state index contributed by atoms with van der Waals surface area (Å²) >= 11 is 0. The average molecular weight is 450 g/mol. The largest absolute Gasteiger partial charge is 0.573 e. The molecule has 0 heterocycles. The van der Waals surface area contributed by atoms with E-state index in [0.29, 0.717) is 11.3 Å². The van der Waals surface area contributed by atoms with Crippen molar-refractivity contribution in [2.75, 3.05) is 10.0 Å². The van der Waals surface area contributed by atoms with Crippen LogP contribution in [0.3, 0.4) is 0 Å². The molecule has 3 rings (SSSR count). The maximum Gasteiger partial charge on any atom is 0.573 e. The summed E-state index contributed by atoms with van der Waals surface area (Å²) in [5.74, 6) is -0.803. The number of carbonyl (C=O) groups excluding carboxylic acids is 1. The molecule has 3 aromatic rings. The van der Waals surface area contributed by atoms with E-state index in [-0.39, 0.29) is 22.8 Å². The summed E-state index contributed by atoms with van der Waals surface area (Å²) in [5, 5.41) is 2.62. The SMILES string of the molecule is O=C(Cc1ccc(OC(F)(F)F)cc1)Nc1cccc(NS(=O)(=O)c2ccccc2)c1. The van der Waals surface area contributed by atoms with E-state index < -0.39 is 22.3 Å². The molecule has 0 radical (unpaired) electrons. The van der Waals surface area contributed by atoms with Crippen LogP contribution in [0.2, 0.25) is 0 Å². The Bertz CT molecular complexity index is 1150. The topological polar surface area (TPSA) is 84.5 Å². The number of rotatable bonds is 7. The Morgan fingerprint density at radius 2 is 1.52 bits per heavy atom. The molecule has 0 saturated carbocycles. The summed E-state index contributed by atoms with van der Waals surface area (Å²) in [6, 6.07) is 18.9. The molecule has 162 valence electrons. The molecule has 0 bridgehead atoms. The van der Waals surface area contributed by atoms with Gasteiger partial charge in [0.1, 0.15) is 5.75 Å². The van der Waals surface area contributed by atoms with Crippen LogP contribution >= 0.6 is 0 Å². The molecular formula is C21H17F3N2O4S. The number of sulfonamides is 1. The van der Waals surface area contributed by atoms with Crippen LogP contribution in [-0.2, 0) is 21.2 Å². The maximum atomic E-state index is 12.4. The van der Waals surface area contributed by atoms with Crippen LogP contribution in [-0.4, -0.2) is 20.7 Å². The van der Waals surface area contributed by atoms with E-state index in [1.807, 2.05) is 0 Å². The van der Waals surface area contributed by atoms with Crippen molar-refractivity contribution in [1.29, 1.82) is 0 Å². The highest BCUT2D eigenvalue weighted by Crippen LogP contribution is 2.23. The number of carbonyl (C=O) groups is 1. The van der Waals surface area contributed by atoms with E-state index in [4.69, 9.17) is 0 Å². The van der Waals surface area contributed by atoms with Crippen LogP contribution in [0.15, 0.2) is 83.8 Å². The number of ether oxygens (including phenoxy) is 1. The predicted molar refractivity (Wildman–Crippen MR) is 109 cm³/mol. The Balaban J connectivity index is 1.62. The van der Waals surface area contributed by atoms with Gasteiger partial charge in [0.05, 0.1) is 17.0 Å². The van der Waals surface area contributed by atoms with E-state index in [2.05, 4.69) is 14.8 Å². The van der Waals surface area contributed by atoms with Crippen LogP contribution in [0.1, 0.15) is 5.56 Å². The highest BCUT2D eigenvalue weighted by atomic mass is 32.2. The summed E-state index contributed by atoms with van der Waals surface area (Å²) in [7, 11) is -3.78. The van der Waals surface area contributed by atoms with Crippen LogP contribution in [0.4, 0.5) is 24.5 Å². The number of benzene rings is 3. The molecular weight excluding hydrogens is 433 g/mol. The molecule has 1 amide bonds. The zero-order valence-electron chi connectivity index (χ0n) is 15.9. The lowest BCUT2D eigenvalue weighted by atomic mass is 10.1. The maximum absolute atomic E-state index is 12.4. The first kappa shape index (κ1) is 22.2. The molecule has 2 N–H and O–H groups in total. The molecule has 6 nitrogen and oxygen atoms in total. The molecule has 10 heteroatoms. The van der Waals surface area contributed by atoms with Crippen LogP contribution in [0.5, 0.6) is 5.75 Å². The lowest BCUT2D eigenvalue weighted by molar-refractivity contribution is -0.274. The fraction of sp³-hybridized carbons (Fsp3) is 0.0952. The van der Waals surface area contributed by atoms with E-state index in [1.54, 1.807) is 30.3 Å². The van der Waals surface area contributed by atoms with E-state index in [9.17, 15) is 26.4 Å². The number of hydrogen-bond donors (Lipinski definition) is 2. The Labute approximate surface area is 176 Å². The van der Waals surface area contributed by atoms with Crippen molar-refractivity contribution in [1.82, 2.24) is 0 Å². The second-order valence-corrected chi connectivity index (χ2v) is 8.10. The Hall–Kier alpha value is -3.53. The molecule has 0 fully saturated rings. The molecule has 0 aliphatic heterocycles.